The first kappa shape index (κ1) is 17.5. The van der Waals surface area contributed by atoms with Gasteiger partial charge in [0, 0.05) is 5.56 Å². The molecule has 4 nitrogen and oxygen atoms in total. The number of alkyl halides is 3. The van der Waals surface area contributed by atoms with Crippen molar-refractivity contribution in [3.8, 4) is 0 Å². The Hall–Kier alpha value is -3.35. The van der Waals surface area contributed by atoms with E-state index >= 15 is 0 Å². The smallest absolute Gasteiger partial charge is 0.320 e. The van der Waals surface area contributed by atoms with Crippen LogP contribution >= 0.6 is 0 Å². The number of anilines is 2. The summed E-state index contributed by atoms with van der Waals surface area (Å²) >= 11 is 0. The molecule has 0 fully saturated rings. The van der Waals surface area contributed by atoms with Crippen molar-refractivity contribution < 1.29 is 22.8 Å². The second-order valence-corrected chi connectivity index (χ2v) is 5.48. The van der Waals surface area contributed by atoms with Crippen LogP contribution in [0.25, 0.3) is 10.8 Å². The van der Waals surface area contributed by atoms with Crippen molar-refractivity contribution in [1.82, 2.24) is 0 Å². The second kappa shape index (κ2) is 6.87. The van der Waals surface area contributed by atoms with E-state index in [1.54, 1.807) is 35.6 Å². The van der Waals surface area contributed by atoms with E-state index in [1.165, 1.54) is 18.2 Å². The maximum Gasteiger partial charge on any atom is 0.471 e. The van der Waals surface area contributed by atoms with Crippen molar-refractivity contribution in [2.24, 2.45) is 0 Å². The van der Waals surface area contributed by atoms with Gasteiger partial charge in [-0.15, -0.1) is 0 Å². The molecule has 0 aromatic heterocycles. The Bertz CT molecular complexity index is 978. The molecule has 3 aromatic rings. The molecule has 0 saturated heterocycles. The van der Waals surface area contributed by atoms with E-state index in [-0.39, 0.29) is 11.4 Å². The van der Waals surface area contributed by atoms with Gasteiger partial charge >= 0.3 is 12.1 Å². The van der Waals surface area contributed by atoms with Gasteiger partial charge in [0.15, 0.2) is 0 Å². The van der Waals surface area contributed by atoms with Gasteiger partial charge in [0.1, 0.15) is 0 Å². The van der Waals surface area contributed by atoms with E-state index in [1.807, 2.05) is 18.2 Å². The number of para-hydroxylation sites is 2. The first-order valence-corrected chi connectivity index (χ1v) is 7.62. The van der Waals surface area contributed by atoms with Gasteiger partial charge in [-0.3, -0.25) is 9.59 Å². The molecule has 0 aliphatic rings. The highest BCUT2D eigenvalue weighted by atomic mass is 19.4. The minimum atomic E-state index is -5.02. The van der Waals surface area contributed by atoms with Crippen molar-refractivity contribution in [3.05, 3.63) is 72.3 Å². The lowest BCUT2D eigenvalue weighted by Gasteiger charge is -2.14. The quantitative estimate of drug-likeness (QED) is 0.719. The van der Waals surface area contributed by atoms with Crippen LogP contribution in [0.5, 0.6) is 0 Å². The van der Waals surface area contributed by atoms with Crippen molar-refractivity contribution in [2.75, 3.05) is 10.6 Å². The van der Waals surface area contributed by atoms with Gasteiger partial charge in [0.2, 0.25) is 0 Å². The zero-order chi connectivity index (χ0) is 18.7. The first-order chi connectivity index (χ1) is 12.4. The molecule has 132 valence electrons. The minimum Gasteiger partial charge on any atom is -0.320 e. The highest BCUT2D eigenvalue weighted by Crippen LogP contribution is 2.26. The standard InChI is InChI=1S/C19H13F3N2O2/c20-19(21,22)18(26)24-16-11-4-3-10-15(16)23-17(25)14-9-5-7-12-6-1-2-8-13(12)14/h1-11H,(H,23,25)(H,24,26). The number of fused-ring (bicyclic) bond motifs is 1. The molecule has 2 N–H and O–H groups in total. The van der Waals surface area contributed by atoms with Gasteiger partial charge in [0.25, 0.3) is 5.91 Å². The number of hydrogen-bond donors (Lipinski definition) is 2. The lowest BCUT2D eigenvalue weighted by atomic mass is 10.0. The molecule has 3 rings (SSSR count). The maximum absolute atomic E-state index is 12.6. The molecule has 0 spiro atoms. The van der Waals surface area contributed by atoms with Crippen LogP contribution in [0.3, 0.4) is 0 Å². The number of rotatable bonds is 3. The van der Waals surface area contributed by atoms with Crippen molar-refractivity contribution in [1.29, 1.82) is 0 Å². The van der Waals surface area contributed by atoms with E-state index in [0.717, 1.165) is 5.39 Å². The maximum atomic E-state index is 12.6. The van der Waals surface area contributed by atoms with Crippen LogP contribution in [-0.2, 0) is 4.79 Å². The third-order valence-electron chi connectivity index (χ3n) is 3.72. The van der Waals surface area contributed by atoms with Crippen LogP contribution in [0.1, 0.15) is 10.4 Å². The average Bonchev–Trinajstić information content (AvgIpc) is 2.62. The molecule has 0 saturated carbocycles. The van der Waals surface area contributed by atoms with Crippen LogP contribution in [0.2, 0.25) is 0 Å². The summed E-state index contributed by atoms with van der Waals surface area (Å²) in [7, 11) is 0. The highest BCUT2D eigenvalue weighted by Gasteiger charge is 2.39. The van der Waals surface area contributed by atoms with Gasteiger partial charge in [0.05, 0.1) is 11.4 Å². The van der Waals surface area contributed by atoms with Crippen LogP contribution in [0.15, 0.2) is 66.7 Å². The van der Waals surface area contributed by atoms with Gasteiger partial charge in [-0.1, -0.05) is 48.5 Å². The Morgan fingerprint density at radius 2 is 1.31 bits per heavy atom. The molecule has 2 amide bonds. The van der Waals surface area contributed by atoms with Crippen LogP contribution < -0.4 is 10.6 Å². The summed E-state index contributed by atoms with van der Waals surface area (Å²) in [5, 5.41) is 5.89. The summed E-state index contributed by atoms with van der Waals surface area (Å²) in [6.07, 6.45) is -5.02. The predicted molar refractivity (Wildman–Crippen MR) is 93.0 cm³/mol. The monoisotopic (exact) mass is 358 g/mol. The molecule has 0 aliphatic carbocycles. The lowest BCUT2D eigenvalue weighted by Crippen LogP contribution is -2.30. The van der Waals surface area contributed by atoms with Gasteiger partial charge in [-0.05, 0) is 29.0 Å². The Kier molecular flexibility index (Phi) is 4.62. The second-order valence-electron chi connectivity index (χ2n) is 5.48. The fourth-order valence-electron chi connectivity index (χ4n) is 2.51. The van der Waals surface area contributed by atoms with E-state index < -0.39 is 18.0 Å². The Morgan fingerprint density at radius 3 is 2.00 bits per heavy atom. The van der Waals surface area contributed by atoms with Gasteiger partial charge in [-0.25, -0.2) is 0 Å². The molecular formula is C19H13F3N2O2. The summed E-state index contributed by atoms with van der Waals surface area (Å²) in [6, 6.07) is 18.1. The number of carbonyl (C=O) groups is 2. The molecule has 0 unspecified atom stereocenters. The first-order valence-electron chi connectivity index (χ1n) is 7.62. The fourth-order valence-corrected chi connectivity index (χ4v) is 2.51. The van der Waals surface area contributed by atoms with Gasteiger partial charge < -0.3 is 10.6 Å². The van der Waals surface area contributed by atoms with E-state index in [9.17, 15) is 22.8 Å². The normalized spacial score (nSPS) is 11.2. The summed E-state index contributed by atoms with van der Waals surface area (Å²) in [5.74, 6) is -2.60. The summed E-state index contributed by atoms with van der Waals surface area (Å²) in [5.41, 5.74) is 0.312. The molecule has 3 aromatic carbocycles. The Labute approximate surface area is 146 Å². The minimum absolute atomic E-state index is 0.0723. The average molecular weight is 358 g/mol. The number of halogens is 3. The molecule has 0 heterocycles. The van der Waals surface area contributed by atoms with Crippen LogP contribution in [0, 0.1) is 0 Å². The SMILES string of the molecule is O=C(Nc1ccccc1NC(=O)C(F)(F)F)c1cccc2ccccc12. The topological polar surface area (TPSA) is 58.2 Å². The molecular weight excluding hydrogens is 345 g/mol. The van der Waals surface area contributed by atoms with Gasteiger partial charge in [-0.2, -0.15) is 13.2 Å². The third-order valence-corrected chi connectivity index (χ3v) is 3.72. The van der Waals surface area contributed by atoms with Crippen molar-refractivity contribution in [2.45, 2.75) is 6.18 Å². The number of hydrogen-bond acceptors (Lipinski definition) is 2. The third kappa shape index (κ3) is 3.66. The van der Waals surface area contributed by atoms with E-state index in [2.05, 4.69) is 5.32 Å². The zero-order valence-electron chi connectivity index (χ0n) is 13.3. The number of nitrogens with one attached hydrogen (secondary N) is 2. The number of carbonyl (C=O) groups excluding carboxylic acids is 2. The predicted octanol–water partition coefficient (Wildman–Crippen LogP) is 4.59. The van der Waals surface area contributed by atoms with Crippen molar-refractivity contribution >= 4 is 34.0 Å². The number of amides is 2. The largest absolute Gasteiger partial charge is 0.471 e. The van der Waals surface area contributed by atoms with E-state index in [4.69, 9.17) is 0 Å². The molecule has 0 bridgehead atoms. The molecule has 26 heavy (non-hydrogen) atoms. The van der Waals surface area contributed by atoms with Crippen molar-refractivity contribution in [3.63, 3.8) is 0 Å². The highest BCUT2D eigenvalue weighted by molar-refractivity contribution is 6.14. The zero-order valence-corrected chi connectivity index (χ0v) is 13.3. The molecule has 0 aliphatic heterocycles. The molecule has 0 atom stereocenters. The van der Waals surface area contributed by atoms with Crippen LogP contribution in [-0.4, -0.2) is 18.0 Å². The molecule has 7 heteroatoms. The van der Waals surface area contributed by atoms with Crippen LogP contribution in [0.4, 0.5) is 24.5 Å². The fraction of sp³-hybridized carbons (Fsp3) is 0.0526. The summed E-state index contributed by atoms with van der Waals surface area (Å²) in [4.78, 5) is 23.8. The number of benzene rings is 3. The lowest BCUT2D eigenvalue weighted by molar-refractivity contribution is -0.167. The summed E-state index contributed by atoms with van der Waals surface area (Å²) < 4.78 is 37.4. The van der Waals surface area contributed by atoms with E-state index in [0.29, 0.717) is 10.9 Å². The Morgan fingerprint density at radius 1 is 0.731 bits per heavy atom. The molecule has 0 radical (unpaired) electrons. The summed E-state index contributed by atoms with van der Waals surface area (Å²) in [6.45, 7) is 0. The Balaban J connectivity index is 1.89.